The summed E-state index contributed by atoms with van der Waals surface area (Å²) in [4.78, 5) is 80.9. The van der Waals surface area contributed by atoms with Gasteiger partial charge in [0.15, 0.2) is 11.6 Å². The number of H-pyrrole nitrogens is 2. The number of hydrogen-bond donors (Lipinski definition) is 2. The number of Topliss-reactive ketones (excluding diaryl/α,β-unsaturated/α-hetero) is 2. The van der Waals surface area contributed by atoms with Crippen molar-refractivity contribution in [3.8, 4) is 0 Å². The standard InChI is InChI=1S/C27H22N2O10/c1-36-24(32)16-5-12-10-28-22(14(12)7-18(16)26(34)38-3)20(30)9-21(31)23-15-8-19(27(35)39-4)17(25(33)37-2)6-13(15)11-29-23/h5-8,10-11,28-29H,9H2,1-4H3. The van der Waals surface area contributed by atoms with Gasteiger partial charge in [-0.1, -0.05) is 0 Å². The van der Waals surface area contributed by atoms with Gasteiger partial charge in [-0.3, -0.25) is 9.59 Å². The number of carbonyl (C=O) groups excluding carboxylic acids is 6. The quantitative estimate of drug-likeness (QED) is 0.148. The van der Waals surface area contributed by atoms with E-state index in [0.29, 0.717) is 21.5 Å². The molecule has 0 atom stereocenters. The van der Waals surface area contributed by atoms with E-state index in [-0.39, 0.29) is 33.6 Å². The van der Waals surface area contributed by atoms with Gasteiger partial charge >= 0.3 is 23.9 Å². The molecule has 4 aromatic rings. The van der Waals surface area contributed by atoms with Gasteiger partial charge in [-0.05, 0) is 24.3 Å². The van der Waals surface area contributed by atoms with Crippen molar-refractivity contribution in [1.82, 2.24) is 9.97 Å². The number of rotatable bonds is 8. The Balaban J connectivity index is 1.71. The van der Waals surface area contributed by atoms with E-state index in [2.05, 4.69) is 9.97 Å². The van der Waals surface area contributed by atoms with Crippen LogP contribution in [0.25, 0.3) is 21.5 Å². The van der Waals surface area contributed by atoms with Crippen LogP contribution in [0.2, 0.25) is 0 Å². The van der Waals surface area contributed by atoms with Crippen molar-refractivity contribution >= 4 is 57.0 Å². The predicted octanol–water partition coefficient (Wildman–Crippen LogP) is 3.25. The molecule has 2 aromatic carbocycles. The van der Waals surface area contributed by atoms with E-state index in [0.717, 1.165) is 14.2 Å². The number of carbonyl (C=O) groups is 6. The molecule has 200 valence electrons. The van der Waals surface area contributed by atoms with Crippen molar-refractivity contribution in [2.75, 3.05) is 28.4 Å². The first kappa shape index (κ1) is 26.8. The highest BCUT2D eigenvalue weighted by Crippen LogP contribution is 2.28. The minimum Gasteiger partial charge on any atom is -0.465 e. The molecule has 0 radical (unpaired) electrons. The predicted molar refractivity (Wildman–Crippen MR) is 135 cm³/mol. The summed E-state index contributed by atoms with van der Waals surface area (Å²) < 4.78 is 19.0. The van der Waals surface area contributed by atoms with Gasteiger partial charge in [0.05, 0.1) is 68.5 Å². The summed E-state index contributed by atoms with van der Waals surface area (Å²) in [6.45, 7) is 0. The molecular weight excluding hydrogens is 512 g/mol. The molecule has 0 bridgehead atoms. The zero-order valence-electron chi connectivity index (χ0n) is 21.3. The van der Waals surface area contributed by atoms with Crippen molar-refractivity contribution in [3.05, 3.63) is 70.3 Å². The molecule has 0 aliphatic heterocycles. The Labute approximate surface area is 220 Å². The highest BCUT2D eigenvalue weighted by atomic mass is 16.5. The van der Waals surface area contributed by atoms with Gasteiger partial charge in [-0.2, -0.15) is 0 Å². The maximum atomic E-state index is 13.2. The number of benzene rings is 2. The molecule has 39 heavy (non-hydrogen) atoms. The third kappa shape index (κ3) is 4.75. The van der Waals surface area contributed by atoms with Crippen molar-refractivity contribution in [3.63, 3.8) is 0 Å². The molecule has 0 spiro atoms. The van der Waals surface area contributed by atoms with E-state index >= 15 is 0 Å². The SMILES string of the molecule is COC(=O)c1cc2c[nH]c(C(=O)CC(=O)c3[nH]cc4cc(C(=O)OC)c(C(=O)OC)cc34)c2cc1C(=O)OC. The fourth-order valence-corrected chi connectivity index (χ4v) is 4.26. The Kier molecular flexibility index (Phi) is 7.29. The molecule has 0 saturated carbocycles. The van der Waals surface area contributed by atoms with Gasteiger partial charge in [0.2, 0.25) is 0 Å². The monoisotopic (exact) mass is 534 g/mol. The second-order valence-electron chi connectivity index (χ2n) is 8.29. The summed E-state index contributed by atoms with van der Waals surface area (Å²) in [6.07, 6.45) is 2.34. The molecule has 2 heterocycles. The van der Waals surface area contributed by atoms with E-state index in [4.69, 9.17) is 18.9 Å². The van der Waals surface area contributed by atoms with Crippen LogP contribution in [0.3, 0.4) is 0 Å². The van der Waals surface area contributed by atoms with E-state index < -0.39 is 41.9 Å². The van der Waals surface area contributed by atoms with Crippen LogP contribution < -0.4 is 0 Å². The molecule has 0 unspecified atom stereocenters. The maximum Gasteiger partial charge on any atom is 0.338 e. The molecule has 4 rings (SSSR count). The molecule has 0 aliphatic rings. The Morgan fingerprint density at radius 1 is 0.538 bits per heavy atom. The number of fused-ring (bicyclic) bond motifs is 2. The normalized spacial score (nSPS) is 10.8. The zero-order valence-corrected chi connectivity index (χ0v) is 21.3. The van der Waals surface area contributed by atoms with Crippen LogP contribution in [0.15, 0.2) is 36.7 Å². The highest BCUT2D eigenvalue weighted by molar-refractivity contribution is 6.21. The number of esters is 4. The average molecular weight is 534 g/mol. The lowest BCUT2D eigenvalue weighted by atomic mass is 9.98. The van der Waals surface area contributed by atoms with Crippen LogP contribution in [0.4, 0.5) is 0 Å². The number of ketones is 2. The first-order valence-electron chi connectivity index (χ1n) is 11.3. The lowest BCUT2D eigenvalue weighted by Crippen LogP contribution is -2.13. The summed E-state index contributed by atoms with van der Waals surface area (Å²) in [6, 6.07) is 5.41. The van der Waals surface area contributed by atoms with Crippen molar-refractivity contribution in [2.24, 2.45) is 0 Å². The van der Waals surface area contributed by atoms with E-state index in [1.54, 1.807) is 0 Å². The Bertz CT molecular complexity index is 1570. The first-order valence-corrected chi connectivity index (χ1v) is 11.3. The fourth-order valence-electron chi connectivity index (χ4n) is 4.26. The van der Waals surface area contributed by atoms with Crippen LogP contribution in [0.1, 0.15) is 68.8 Å². The van der Waals surface area contributed by atoms with Crippen LogP contribution >= 0.6 is 0 Å². The van der Waals surface area contributed by atoms with Gasteiger partial charge in [0.25, 0.3) is 0 Å². The molecule has 12 heteroatoms. The number of methoxy groups -OCH3 is 4. The summed E-state index contributed by atoms with van der Waals surface area (Å²) in [5, 5.41) is 1.46. The summed E-state index contributed by atoms with van der Waals surface area (Å²) in [5.74, 6) is -4.33. The number of ether oxygens (including phenoxy) is 4. The largest absolute Gasteiger partial charge is 0.465 e. The van der Waals surface area contributed by atoms with Crippen LogP contribution in [-0.4, -0.2) is 73.9 Å². The zero-order chi connectivity index (χ0) is 28.4. The summed E-state index contributed by atoms with van der Waals surface area (Å²) in [7, 11) is 4.63. The Morgan fingerprint density at radius 2 is 0.846 bits per heavy atom. The molecule has 0 aliphatic carbocycles. The molecular formula is C27H22N2O10. The van der Waals surface area contributed by atoms with Crippen LogP contribution in [0, 0.1) is 0 Å². The molecule has 12 nitrogen and oxygen atoms in total. The van der Waals surface area contributed by atoms with Crippen molar-refractivity contribution in [1.29, 1.82) is 0 Å². The topological polar surface area (TPSA) is 171 Å². The Hall–Kier alpha value is -5.26. The van der Waals surface area contributed by atoms with Gasteiger partial charge in [0, 0.05) is 33.9 Å². The van der Waals surface area contributed by atoms with Crippen molar-refractivity contribution in [2.45, 2.75) is 6.42 Å². The smallest absolute Gasteiger partial charge is 0.338 e. The number of aromatic nitrogens is 2. The number of nitrogens with one attached hydrogen (secondary N) is 2. The molecule has 0 amide bonds. The van der Waals surface area contributed by atoms with E-state index in [1.165, 1.54) is 50.9 Å². The number of hydrogen-bond acceptors (Lipinski definition) is 10. The third-order valence-corrected chi connectivity index (χ3v) is 6.16. The van der Waals surface area contributed by atoms with Crippen LogP contribution in [-0.2, 0) is 18.9 Å². The summed E-state index contributed by atoms with van der Waals surface area (Å²) >= 11 is 0. The summed E-state index contributed by atoms with van der Waals surface area (Å²) in [5.41, 5.74) is -0.223. The van der Waals surface area contributed by atoms with Crippen molar-refractivity contribution < 1.29 is 47.7 Å². The van der Waals surface area contributed by atoms with Gasteiger partial charge < -0.3 is 28.9 Å². The lowest BCUT2D eigenvalue weighted by Gasteiger charge is -2.08. The van der Waals surface area contributed by atoms with Crippen LogP contribution in [0.5, 0.6) is 0 Å². The second-order valence-corrected chi connectivity index (χ2v) is 8.29. The molecule has 0 fully saturated rings. The third-order valence-electron chi connectivity index (χ3n) is 6.16. The maximum absolute atomic E-state index is 13.2. The minimum atomic E-state index is -0.807. The van der Waals surface area contributed by atoms with Gasteiger partial charge in [-0.25, -0.2) is 19.2 Å². The Morgan fingerprint density at radius 3 is 1.15 bits per heavy atom. The minimum absolute atomic E-state index is 0.0407. The highest BCUT2D eigenvalue weighted by Gasteiger charge is 2.26. The molecule has 0 saturated heterocycles. The molecule has 2 aromatic heterocycles. The second kappa shape index (κ2) is 10.6. The fraction of sp³-hybridized carbons (Fsp3) is 0.185. The van der Waals surface area contributed by atoms with Gasteiger partial charge in [-0.15, -0.1) is 0 Å². The lowest BCUT2D eigenvalue weighted by molar-refractivity contribution is 0.0555. The average Bonchev–Trinajstić information content (AvgIpc) is 3.57. The van der Waals surface area contributed by atoms with Gasteiger partial charge in [0.1, 0.15) is 0 Å². The first-order chi connectivity index (χ1) is 18.6. The molecule has 2 N–H and O–H groups in total. The van der Waals surface area contributed by atoms with E-state index in [9.17, 15) is 28.8 Å². The van der Waals surface area contributed by atoms with E-state index in [1.807, 2.05) is 0 Å². The number of aromatic amines is 2.